The Kier molecular flexibility index (Phi) is 5.82. The molecule has 0 radical (unpaired) electrons. The molecule has 4 nitrogen and oxygen atoms in total. The van der Waals surface area contributed by atoms with Crippen LogP contribution in [0.15, 0.2) is 18.2 Å². The monoisotopic (exact) mass is 349 g/mol. The summed E-state index contributed by atoms with van der Waals surface area (Å²) >= 11 is 5.76. The molecule has 1 saturated heterocycles. The predicted octanol–water partition coefficient (Wildman–Crippen LogP) is 3.13. The van der Waals surface area contributed by atoms with E-state index in [2.05, 4.69) is 4.72 Å². The average Bonchev–Trinajstić information content (AvgIpc) is 2.88. The van der Waals surface area contributed by atoms with Gasteiger partial charge < -0.3 is 4.74 Å². The fourth-order valence-electron chi connectivity index (χ4n) is 2.58. The third-order valence-corrected chi connectivity index (χ3v) is 5.51. The van der Waals surface area contributed by atoms with Gasteiger partial charge >= 0.3 is 0 Å². The Bertz CT molecular complexity index is 615. The first kappa shape index (κ1) is 17.7. The normalized spacial score (nSPS) is 20.5. The van der Waals surface area contributed by atoms with Crippen molar-refractivity contribution < 1.29 is 17.5 Å². The SMILES string of the molecule is CC(C)[C@H](NS(=O)(=O)C[C@@H]1CCOC1)c1ccc(Cl)cc1F. The number of nitrogens with one attached hydrogen (secondary N) is 1. The molecule has 7 heteroatoms. The zero-order valence-electron chi connectivity index (χ0n) is 12.7. The van der Waals surface area contributed by atoms with Crippen LogP contribution in [0.2, 0.25) is 5.02 Å². The van der Waals surface area contributed by atoms with Crippen LogP contribution in [0, 0.1) is 17.7 Å². The molecule has 0 unspecified atom stereocenters. The minimum absolute atomic E-state index is 0.000349. The summed E-state index contributed by atoms with van der Waals surface area (Å²) in [7, 11) is -3.51. The van der Waals surface area contributed by atoms with Crippen molar-refractivity contribution in [2.24, 2.45) is 11.8 Å². The van der Waals surface area contributed by atoms with Gasteiger partial charge in [-0.3, -0.25) is 0 Å². The standard InChI is InChI=1S/C15H21ClFNO3S/c1-10(2)15(13-4-3-12(16)7-14(13)17)18-22(19,20)9-11-5-6-21-8-11/h3-4,7,10-11,15,18H,5-6,8-9H2,1-2H3/t11-,15+/m1/s1. The lowest BCUT2D eigenvalue weighted by Gasteiger charge is -2.24. The summed E-state index contributed by atoms with van der Waals surface area (Å²) in [5.41, 5.74) is 0.311. The smallest absolute Gasteiger partial charge is 0.212 e. The molecule has 1 fully saturated rings. The molecule has 0 spiro atoms. The number of sulfonamides is 1. The maximum atomic E-state index is 14.1. The van der Waals surface area contributed by atoms with Gasteiger partial charge in [0.25, 0.3) is 0 Å². The molecule has 2 rings (SSSR count). The van der Waals surface area contributed by atoms with Crippen LogP contribution in [-0.2, 0) is 14.8 Å². The molecule has 0 aliphatic carbocycles. The third-order valence-electron chi connectivity index (χ3n) is 3.75. The van der Waals surface area contributed by atoms with Gasteiger partial charge in [0.05, 0.1) is 18.4 Å². The minimum atomic E-state index is -3.51. The van der Waals surface area contributed by atoms with Gasteiger partial charge in [0.1, 0.15) is 5.82 Å². The van der Waals surface area contributed by atoms with E-state index in [0.29, 0.717) is 18.8 Å². The molecule has 1 heterocycles. The Morgan fingerprint density at radius 1 is 1.45 bits per heavy atom. The van der Waals surface area contributed by atoms with E-state index >= 15 is 0 Å². The first-order valence-electron chi connectivity index (χ1n) is 7.31. The molecule has 1 aromatic carbocycles. The van der Waals surface area contributed by atoms with Crippen LogP contribution in [0.5, 0.6) is 0 Å². The van der Waals surface area contributed by atoms with E-state index in [-0.39, 0.29) is 22.6 Å². The van der Waals surface area contributed by atoms with Crippen molar-refractivity contribution in [1.82, 2.24) is 4.72 Å². The molecule has 0 aromatic heterocycles. The number of benzene rings is 1. The summed E-state index contributed by atoms with van der Waals surface area (Å²) in [6.45, 7) is 4.75. The molecule has 1 aliphatic heterocycles. The number of hydrogen-bond donors (Lipinski definition) is 1. The van der Waals surface area contributed by atoms with Crippen molar-refractivity contribution in [2.75, 3.05) is 19.0 Å². The molecule has 1 aromatic rings. The second-order valence-corrected chi connectivity index (χ2v) is 8.25. The first-order chi connectivity index (χ1) is 10.3. The third kappa shape index (κ3) is 4.65. The summed E-state index contributed by atoms with van der Waals surface area (Å²) in [5, 5.41) is 0.287. The summed E-state index contributed by atoms with van der Waals surface area (Å²) in [5.74, 6) is -0.588. The zero-order valence-corrected chi connectivity index (χ0v) is 14.3. The average molecular weight is 350 g/mol. The van der Waals surface area contributed by atoms with Gasteiger partial charge in [-0.2, -0.15) is 0 Å². The summed E-state index contributed by atoms with van der Waals surface area (Å²) in [6, 6.07) is 3.67. The zero-order chi connectivity index (χ0) is 16.3. The van der Waals surface area contributed by atoms with E-state index in [4.69, 9.17) is 16.3 Å². The fraction of sp³-hybridized carbons (Fsp3) is 0.600. The van der Waals surface area contributed by atoms with Gasteiger partial charge in [-0.05, 0) is 30.4 Å². The van der Waals surface area contributed by atoms with Crippen LogP contribution < -0.4 is 4.72 Å². The highest BCUT2D eigenvalue weighted by Gasteiger charge is 2.28. The molecule has 1 aliphatic rings. The van der Waals surface area contributed by atoms with E-state index < -0.39 is 21.9 Å². The number of halogens is 2. The number of ether oxygens (including phenoxy) is 1. The number of hydrogen-bond acceptors (Lipinski definition) is 3. The number of rotatable bonds is 6. The van der Waals surface area contributed by atoms with Crippen LogP contribution in [0.25, 0.3) is 0 Å². The van der Waals surface area contributed by atoms with Crippen molar-refractivity contribution in [2.45, 2.75) is 26.3 Å². The summed E-state index contributed by atoms with van der Waals surface area (Å²) in [4.78, 5) is 0. The molecule has 0 amide bonds. The van der Waals surface area contributed by atoms with Crippen LogP contribution in [0.1, 0.15) is 31.9 Å². The second kappa shape index (κ2) is 7.25. The van der Waals surface area contributed by atoms with Crippen molar-refractivity contribution in [3.05, 3.63) is 34.6 Å². The topological polar surface area (TPSA) is 55.4 Å². The Hall–Kier alpha value is -0.690. The largest absolute Gasteiger partial charge is 0.381 e. The second-order valence-electron chi connectivity index (χ2n) is 6.02. The summed E-state index contributed by atoms with van der Waals surface area (Å²) < 4.78 is 46.6. The van der Waals surface area contributed by atoms with Gasteiger partial charge in [0.2, 0.25) is 10.0 Å². The lowest BCUT2D eigenvalue weighted by molar-refractivity contribution is 0.188. The van der Waals surface area contributed by atoms with Crippen molar-refractivity contribution in [3.63, 3.8) is 0 Å². The highest BCUT2D eigenvalue weighted by atomic mass is 35.5. The fourth-order valence-corrected chi connectivity index (χ4v) is 4.50. The van der Waals surface area contributed by atoms with E-state index in [0.717, 1.165) is 6.42 Å². The maximum absolute atomic E-state index is 14.1. The molecular formula is C15H21ClFNO3S. The first-order valence-corrected chi connectivity index (χ1v) is 9.34. The Morgan fingerprint density at radius 2 is 2.18 bits per heavy atom. The Balaban J connectivity index is 2.17. The highest BCUT2D eigenvalue weighted by Crippen LogP contribution is 2.27. The van der Waals surface area contributed by atoms with E-state index in [1.807, 2.05) is 13.8 Å². The molecule has 0 bridgehead atoms. The van der Waals surface area contributed by atoms with Crippen molar-refractivity contribution >= 4 is 21.6 Å². The van der Waals surface area contributed by atoms with Crippen LogP contribution in [-0.4, -0.2) is 27.4 Å². The Morgan fingerprint density at radius 3 is 2.73 bits per heavy atom. The lowest BCUT2D eigenvalue weighted by atomic mass is 9.97. The molecule has 124 valence electrons. The summed E-state index contributed by atoms with van der Waals surface area (Å²) in [6.07, 6.45) is 0.739. The van der Waals surface area contributed by atoms with Gasteiger partial charge in [0.15, 0.2) is 0 Å². The van der Waals surface area contributed by atoms with E-state index in [9.17, 15) is 12.8 Å². The molecular weight excluding hydrogens is 329 g/mol. The molecule has 2 atom stereocenters. The van der Waals surface area contributed by atoms with Gasteiger partial charge in [-0.25, -0.2) is 17.5 Å². The Labute approximate surface area is 136 Å². The van der Waals surface area contributed by atoms with E-state index in [1.165, 1.54) is 12.1 Å². The predicted molar refractivity (Wildman–Crippen MR) is 84.8 cm³/mol. The maximum Gasteiger partial charge on any atom is 0.212 e. The molecule has 0 saturated carbocycles. The van der Waals surface area contributed by atoms with Crippen LogP contribution >= 0.6 is 11.6 Å². The van der Waals surface area contributed by atoms with Gasteiger partial charge in [-0.15, -0.1) is 0 Å². The van der Waals surface area contributed by atoms with Gasteiger partial charge in [-0.1, -0.05) is 31.5 Å². The lowest BCUT2D eigenvalue weighted by Crippen LogP contribution is -2.36. The quantitative estimate of drug-likeness (QED) is 0.858. The van der Waals surface area contributed by atoms with Crippen molar-refractivity contribution in [1.29, 1.82) is 0 Å². The van der Waals surface area contributed by atoms with Crippen LogP contribution in [0.3, 0.4) is 0 Å². The van der Waals surface area contributed by atoms with E-state index in [1.54, 1.807) is 6.07 Å². The molecule has 1 N–H and O–H groups in total. The van der Waals surface area contributed by atoms with Crippen molar-refractivity contribution in [3.8, 4) is 0 Å². The molecule has 22 heavy (non-hydrogen) atoms. The van der Waals surface area contributed by atoms with Crippen LogP contribution in [0.4, 0.5) is 4.39 Å². The van der Waals surface area contributed by atoms with Gasteiger partial charge in [0, 0.05) is 17.2 Å². The highest BCUT2D eigenvalue weighted by molar-refractivity contribution is 7.89. The minimum Gasteiger partial charge on any atom is -0.381 e.